The van der Waals surface area contributed by atoms with Crippen LogP contribution in [0, 0.1) is 0 Å². The van der Waals surface area contributed by atoms with Gasteiger partial charge in [0, 0.05) is 29.6 Å². The van der Waals surface area contributed by atoms with E-state index in [2.05, 4.69) is 10.6 Å². The van der Waals surface area contributed by atoms with Gasteiger partial charge in [-0.25, -0.2) is 0 Å². The van der Waals surface area contributed by atoms with Crippen molar-refractivity contribution in [2.45, 2.75) is 45.2 Å². The number of amides is 2. The van der Waals surface area contributed by atoms with Crippen molar-refractivity contribution in [2.24, 2.45) is 0 Å². The molecule has 0 spiro atoms. The van der Waals surface area contributed by atoms with Crippen LogP contribution < -0.4 is 10.6 Å². The van der Waals surface area contributed by atoms with Gasteiger partial charge in [-0.2, -0.15) is 0 Å². The van der Waals surface area contributed by atoms with Gasteiger partial charge in [0.25, 0.3) is 11.8 Å². The Bertz CT molecular complexity index is 801. The van der Waals surface area contributed by atoms with E-state index in [0.29, 0.717) is 24.0 Å². The number of benzene rings is 2. The number of carboxylic acid groups (broad SMARTS) is 1. The molecule has 0 aliphatic rings. The molecule has 6 heteroatoms. The van der Waals surface area contributed by atoms with Gasteiger partial charge in [0.2, 0.25) is 0 Å². The van der Waals surface area contributed by atoms with Crippen LogP contribution in [0.3, 0.4) is 0 Å². The number of rotatable bonds is 9. The highest BCUT2D eigenvalue weighted by molar-refractivity contribution is 5.98. The van der Waals surface area contributed by atoms with Gasteiger partial charge in [-0.15, -0.1) is 0 Å². The maximum absolute atomic E-state index is 12.6. The first-order valence-electron chi connectivity index (χ1n) is 9.32. The Kier molecular flexibility index (Phi) is 7.75. The fourth-order valence-corrected chi connectivity index (χ4v) is 2.81. The molecule has 1 unspecified atom stereocenters. The summed E-state index contributed by atoms with van der Waals surface area (Å²) in [6, 6.07) is 15.8. The summed E-state index contributed by atoms with van der Waals surface area (Å²) < 4.78 is 0. The molecule has 0 aliphatic carbocycles. The predicted molar refractivity (Wildman–Crippen MR) is 107 cm³/mol. The molecule has 0 aliphatic heterocycles. The first-order valence-corrected chi connectivity index (χ1v) is 9.32. The number of carboxylic acids is 1. The second-order valence-electron chi connectivity index (χ2n) is 7.00. The maximum atomic E-state index is 12.6. The molecule has 0 saturated carbocycles. The van der Waals surface area contributed by atoms with Crippen LogP contribution in [0.15, 0.2) is 54.6 Å². The zero-order valence-corrected chi connectivity index (χ0v) is 16.1. The molecule has 1 atom stereocenters. The van der Waals surface area contributed by atoms with Gasteiger partial charge >= 0.3 is 5.97 Å². The zero-order valence-electron chi connectivity index (χ0n) is 16.1. The maximum Gasteiger partial charge on any atom is 0.303 e. The first kappa shape index (κ1) is 21.2. The molecular weight excluding hydrogens is 356 g/mol. The van der Waals surface area contributed by atoms with E-state index in [0.717, 1.165) is 5.56 Å². The monoisotopic (exact) mass is 382 g/mol. The lowest BCUT2D eigenvalue weighted by Crippen LogP contribution is -2.37. The molecule has 0 radical (unpaired) electrons. The van der Waals surface area contributed by atoms with Crippen molar-refractivity contribution in [3.8, 4) is 0 Å². The molecule has 0 aromatic heterocycles. The number of carbonyl (C=O) groups excluding carboxylic acids is 2. The SMILES string of the molecule is CC(C)NC(=O)c1ccc(C(=O)NC(CCC(=O)O)Cc2ccccc2)cc1. The number of aliphatic carboxylic acids is 1. The lowest BCUT2D eigenvalue weighted by atomic mass is 10.0. The number of carbonyl (C=O) groups is 3. The highest BCUT2D eigenvalue weighted by Gasteiger charge is 2.16. The fourth-order valence-electron chi connectivity index (χ4n) is 2.81. The first-order chi connectivity index (χ1) is 13.3. The van der Waals surface area contributed by atoms with Crippen molar-refractivity contribution < 1.29 is 19.5 Å². The van der Waals surface area contributed by atoms with E-state index in [4.69, 9.17) is 5.11 Å². The molecule has 2 aromatic rings. The van der Waals surface area contributed by atoms with Crippen molar-refractivity contribution >= 4 is 17.8 Å². The van der Waals surface area contributed by atoms with E-state index in [1.165, 1.54) is 0 Å². The summed E-state index contributed by atoms with van der Waals surface area (Å²) in [5.41, 5.74) is 1.94. The van der Waals surface area contributed by atoms with E-state index in [1.807, 2.05) is 44.2 Å². The Labute approximate surface area is 165 Å². The fraction of sp³-hybridized carbons (Fsp3) is 0.318. The normalized spacial score (nSPS) is 11.7. The lowest BCUT2D eigenvalue weighted by molar-refractivity contribution is -0.137. The van der Waals surface area contributed by atoms with Crippen LogP contribution in [0.2, 0.25) is 0 Å². The summed E-state index contributed by atoms with van der Waals surface area (Å²) in [6.07, 6.45) is 0.867. The van der Waals surface area contributed by atoms with Crippen molar-refractivity contribution in [3.63, 3.8) is 0 Å². The molecular formula is C22H26N2O4. The van der Waals surface area contributed by atoms with Gasteiger partial charge in [-0.05, 0) is 56.5 Å². The Morgan fingerprint density at radius 2 is 1.39 bits per heavy atom. The molecule has 2 rings (SSSR count). The van der Waals surface area contributed by atoms with Crippen LogP contribution in [-0.2, 0) is 11.2 Å². The van der Waals surface area contributed by atoms with Gasteiger partial charge in [-0.3, -0.25) is 14.4 Å². The third-order valence-corrected chi connectivity index (χ3v) is 4.20. The van der Waals surface area contributed by atoms with Gasteiger partial charge in [-0.1, -0.05) is 30.3 Å². The second kappa shape index (κ2) is 10.3. The molecule has 0 heterocycles. The minimum atomic E-state index is -0.896. The average molecular weight is 382 g/mol. The van der Waals surface area contributed by atoms with Crippen LogP contribution >= 0.6 is 0 Å². The van der Waals surface area contributed by atoms with E-state index < -0.39 is 5.97 Å². The summed E-state index contributed by atoms with van der Waals surface area (Å²) in [5, 5.41) is 14.7. The highest BCUT2D eigenvalue weighted by atomic mass is 16.4. The summed E-state index contributed by atoms with van der Waals surface area (Å²) in [6.45, 7) is 3.76. The van der Waals surface area contributed by atoms with Crippen LogP contribution in [0.1, 0.15) is 53.0 Å². The molecule has 148 valence electrons. The Balaban J connectivity index is 2.04. The molecule has 6 nitrogen and oxygen atoms in total. The number of nitrogens with one attached hydrogen (secondary N) is 2. The van der Waals surface area contributed by atoms with Crippen LogP contribution in [-0.4, -0.2) is 35.0 Å². The summed E-state index contributed by atoms with van der Waals surface area (Å²) in [4.78, 5) is 35.5. The third kappa shape index (κ3) is 6.87. The Morgan fingerprint density at radius 3 is 1.89 bits per heavy atom. The average Bonchev–Trinajstić information content (AvgIpc) is 2.66. The molecule has 3 N–H and O–H groups in total. The molecule has 2 aromatic carbocycles. The van der Waals surface area contributed by atoms with Gasteiger partial charge in [0.15, 0.2) is 0 Å². The summed E-state index contributed by atoms with van der Waals surface area (Å²) in [5.74, 6) is -1.37. The van der Waals surface area contributed by atoms with Crippen molar-refractivity contribution in [1.29, 1.82) is 0 Å². The van der Waals surface area contributed by atoms with Gasteiger partial charge in [0.05, 0.1) is 0 Å². The van der Waals surface area contributed by atoms with Crippen LogP contribution in [0.4, 0.5) is 0 Å². The molecule has 0 bridgehead atoms. The van der Waals surface area contributed by atoms with E-state index in [9.17, 15) is 14.4 Å². The smallest absolute Gasteiger partial charge is 0.303 e. The quantitative estimate of drug-likeness (QED) is 0.621. The van der Waals surface area contributed by atoms with Crippen LogP contribution in [0.5, 0.6) is 0 Å². The summed E-state index contributed by atoms with van der Waals surface area (Å²) >= 11 is 0. The minimum Gasteiger partial charge on any atom is -0.481 e. The number of hydrogen-bond acceptors (Lipinski definition) is 3. The molecule has 0 fully saturated rings. The molecule has 28 heavy (non-hydrogen) atoms. The zero-order chi connectivity index (χ0) is 20.5. The predicted octanol–water partition coefficient (Wildman–Crippen LogP) is 3.03. The van der Waals surface area contributed by atoms with Gasteiger partial charge in [0.1, 0.15) is 0 Å². The Hall–Kier alpha value is -3.15. The molecule has 0 saturated heterocycles. The van der Waals surface area contributed by atoms with Crippen molar-refractivity contribution in [1.82, 2.24) is 10.6 Å². The van der Waals surface area contributed by atoms with Crippen LogP contribution in [0.25, 0.3) is 0 Å². The standard InChI is InChI=1S/C22H26N2O4/c1-15(2)23-21(27)17-8-10-18(11-9-17)22(28)24-19(12-13-20(25)26)14-16-6-4-3-5-7-16/h3-11,15,19H,12-14H2,1-2H3,(H,23,27)(H,24,28)(H,25,26). The van der Waals surface area contributed by atoms with Gasteiger partial charge < -0.3 is 15.7 Å². The Morgan fingerprint density at radius 1 is 0.857 bits per heavy atom. The van der Waals surface area contributed by atoms with E-state index in [1.54, 1.807) is 24.3 Å². The third-order valence-electron chi connectivity index (χ3n) is 4.20. The van der Waals surface area contributed by atoms with E-state index >= 15 is 0 Å². The lowest BCUT2D eigenvalue weighted by Gasteiger charge is -2.18. The number of hydrogen-bond donors (Lipinski definition) is 3. The summed E-state index contributed by atoms with van der Waals surface area (Å²) in [7, 11) is 0. The topological polar surface area (TPSA) is 95.5 Å². The van der Waals surface area contributed by atoms with E-state index in [-0.39, 0.29) is 30.3 Å². The highest BCUT2D eigenvalue weighted by Crippen LogP contribution is 2.10. The largest absolute Gasteiger partial charge is 0.481 e. The second-order valence-corrected chi connectivity index (χ2v) is 7.00. The molecule has 2 amide bonds. The van der Waals surface area contributed by atoms with Crippen molar-refractivity contribution in [3.05, 3.63) is 71.3 Å². The van der Waals surface area contributed by atoms with Crippen molar-refractivity contribution in [2.75, 3.05) is 0 Å². The minimum absolute atomic E-state index is 0.0217.